The number of terminal acetylenes is 1. The van der Waals surface area contributed by atoms with Gasteiger partial charge in [0, 0.05) is 5.57 Å². The Balaban J connectivity index is 1.83. The molecule has 1 heteroatoms. The number of ether oxygens (including phenoxy) is 1. The van der Waals surface area contributed by atoms with E-state index >= 15 is 0 Å². The lowest BCUT2D eigenvalue weighted by molar-refractivity contribution is 0.393. The fourth-order valence-electron chi connectivity index (χ4n) is 2.31. The predicted octanol–water partition coefficient (Wildman–Crippen LogP) is 4.66. The molecular weight excluding hydrogens is 232 g/mol. The van der Waals surface area contributed by atoms with Crippen LogP contribution in [0.2, 0.25) is 0 Å². The molecule has 0 aromatic heterocycles. The lowest BCUT2D eigenvalue weighted by Gasteiger charge is -1.99. The number of rotatable bonds is 7. The van der Waals surface area contributed by atoms with Gasteiger partial charge in [-0.1, -0.05) is 62.4 Å². The average molecular weight is 254 g/mol. The van der Waals surface area contributed by atoms with Crippen LogP contribution in [0.25, 0.3) is 0 Å². The number of allylic oxidation sites excluding steroid dienone is 1. The molecule has 2 atom stereocenters. The van der Waals surface area contributed by atoms with Crippen LogP contribution in [-0.2, 0) is 4.74 Å². The molecule has 1 fully saturated rings. The third kappa shape index (κ3) is 4.26. The largest absolute Gasteiger partial charge is 0.360 e. The van der Waals surface area contributed by atoms with Gasteiger partial charge in [-0.15, -0.1) is 6.42 Å². The minimum atomic E-state index is 0.180. The zero-order chi connectivity index (χ0) is 13.5. The molecule has 1 nitrogen and oxygen atoms in total. The van der Waals surface area contributed by atoms with Gasteiger partial charge in [0.05, 0.1) is 0 Å². The van der Waals surface area contributed by atoms with Crippen LogP contribution in [0.5, 0.6) is 0 Å². The summed E-state index contributed by atoms with van der Waals surface area (Å²) in [5.41, 5.74) is 2.34. The minimum absolute atomic E-state index is 0.180. The zero-order valence-electron chi connectivity index (χ0n) is 11.6. The summed E-state index contributed by atoms with van der Waals surface area (Å²) < 4.78 is 5.69. The molecule has 0 unspecified atom stereocenters. The van der Waals surface area contributed by atoms with Gasteiger partial charge in [-0.2, -0.15) is 0 Å². The van der Waals surface area contributed by atoms with E-state index in [1.807, 2.05) is 18.2 Å². The van der Waals surface area contributed by atoms with Gasteiger partial charge < -0.3 is 4.74 Å². The Hall–Kier alpha value is -1.52. The number of unbranched alkanes of at least 4 members (excludes halogenated alkanes) is 3. The van der Waals surface area contributed by atoms with Crippen molar-refractivity contribution in [2.75, 3.05) is 0 Å². The van der Waals surface area contributed by atoms with Crippen molar-refractivity contribution >= 4 is 0 Å². The number of hydrogen-bond acceptors (Lipinski definition) is 1. The zero-order valence-corrected chi connectivity index (χ0v) is 11.6. The Labute approximate surface area is 116 Å². The first-order valence-electron chi connectivity index (χ1n) is 7.23. The minimum Gasteiger partial charge on any atom is -0.360 e. The van der Waals surface area contributed by atoms with Crippen LogP contribution in [0, 0.1) is 12.3 Å². The summed E-state index contributed by atoms with van der Waals surface area (Å²) in [6.45, 7) is 2.22. The summed E-state index contributed by atoms with van der Waals surface area (Å²) in [5, 5.41) is 0. The highest BCUT2D eigenvalue weighted by molar-refractivity contribution is 5.31. The summed E-state index contributed by atoms with van der Waals surface area (Å²) in [7, 11) is 0. The van der Waals surface area contributed by atoms with Crippen molar-refractivity contribution in [3.05, 3.63) is 47.5 Å². The molecule has 100 valence electrons. The third-order valence-electron chi connectivity index (χ3n) is 3.50. The maximum Gasteiger partial charge on any atom is 0.113 e. The molecule has 1 aliphatic rings. The molecule has 0 saturated carbocycles. The lowest BCUT2D eigenvalue weighted by Crippen LogP contribution is -1.88. The molecular formula is C18H22O. The monoisotopic (exact) mass is 254 g/mol. The highest BCUT2D eigenvalue weighted by Gasteiger charge is 2.38. The molecule has 2 rings (SSSR count). The van der Waals surface area contributed by atoms with Crippen LogP contribution in [0.15, 0.2) is 42.0 Å². The summed E-state index contributed by atoms with van der Waals surface area (Å²) >= 11 is 0. The van der Waals surface area contributed by atoms with Crippen LogP contribution in [-0.4, -0.2) is 6.10 Å². The fraction of sp³-hybridized carbons (Fsp3) is 0.444. The van der Waals surface area contributed by atoms with E-state index in [0.29, 0.717) is 0 Å². The first-order valence-corrected chi connectivity index (χ1v) is 7.23. The van der Waals surface area contributed by atoms with Crippen LogP contribution < -0.4 is 0 Å². The standard InChI is InChI=1S/C18H22O/c1-3-5-6-8-11-15(4-2)14-17-18(19-17)16-12-9-7-10-13-16/h2,7,9-10,12-14,17-18H,3,5-6,8,11H2,1H3/b15-14+/t17-,18-/m0/s1. The van der Waals surface area contributed by atoms with E-state index in [2.05, 4.69) is 31.1 Å². The molecule has 1 heterocycles. The van der Waals surface area contributed by atoms with E-state index in [4.69, 9.17) is 11.2 Å². The highest BCUT2D eigenvalue weighted by atomic mass is 16.6. The molecule has 0 N–H and O–H groups in total. The van der Waals surface area contributed by atoms with Crippen LogP contribution in [0.3, 0.4) is 0 Å². The van der Waals surface area contributed by atoms with Crippen molar-refractivity contribution in [2.45, 2.75) is 51.2 Å². The summed E-state index contributed by atoms with van der Waals surface area (Å²) in [5.74, 6) is 2.80. The van der Waals surface area contributed by atoms with Gasteiger partial charge in [-0.3, -0.25) is 0 Å². The highest BCUT2D eigenvalue weighted by Crippen LogP contribution is 2.40. The molecule has 1 aliphatic heterocycles. The number of hydrogen-bond donors (Lipinski definition) is 0. The maximum absolute atomic E-state index is 5.69. The van der Waals surface area contributed by atoms with E-state index in [1.165, 1.54) is 31.2 Å². The van der Waals surface area contributed by atoms with Gasteiger partial charge in [-0.05, 0) is 24.5 Å². The number of benzene rings is 1. The second-order valence-corrected chi connectivity index (χ2v) is 5.08. The second kappa shape index (κ2) is 7.16. The lowest BCUT2D eigenvalue weighted by atomic mass is 10.0. The SMILES string of the molecule is C#C/C(=C\[C@@H]1O[C@H]1c1ccccc1)CCCCCC. The second-order valence-electron chi connectivity index (χ2n) is 5.08. The third-order valence-corrected chi connectivity index (χ3v) is 3.50. The summed E-state index contributed by atoms with van der Waals surface area (Å²) in [6.07, 6.45) is 14.1. The molecule has 0 spiro atoms. The quantitative estimate of drug-likeness (QED) is 0.392. The molecule has 0 aliphatic carbocycles. The Kier molecular flexibility index (Phi) is 5.24. The van der Waals surface area contributed by atoms with Crippen molar-refractivity contribution < 1.29 is 4.74 Å². The molecule has 0 amide bonds. The van der Waals surface area contributed by atoms with E-state index in [9.17, 15) is 0 Å². The van der Waals surface area contributed by atoms with Gasteiger partial charge in [0.15, 0.2) is 0 Å². The fourth-order valence-corrected chi connectivity index (χ4v) is 2.31. The van der Waals surface area contributed by atoms with Crippen LogP contribution in [0.4, 0.5) is 0 Å². The summed E-state index contributed by atoms with van der Waals surface area (Å²) in [6, 6.07) is 10.3. The number of epoxide rings is 1. The van der Waals surface area contributed by atoms with Gasteiger partial charge >= 0.3 is 0 Å². The van der Waals surface area contributed by atoms with Crippen molar-refractivity contribution in [1.29, 1.82) is 0 Å². The van der Waals surface area contributed by atoms with E-state index < -0.39 is 0 Å². The average Bonchev–Trinajstić information content (AvgIpc) is 3.22. The van der Waals surface area contributed by atoms with Crippen molar-refractivity contribution in [2.24, 2.45) is 0 Å². The molecule has 0 radical (unpaired) electrons. The summed E-state index contributed by atoms with van der Waals surface area (Å²) in [4.78, 5) is 0. The molecule has 1 aromatic carbocycles. The van der Waals surface area contributed by atoms with E-state index in [1.54, 1.807) is 0 Å². The topological polar surface area (TPSA) is 12.5 Å². The molecule has 19 heavy (non-hydrogen) atoms. The molecule has 1 saturated heterocycles. The van der Waals surface area contributed by atoms with E-state index in [0.717, 1.165) is 12.0 Å². The van der Waals surface area contributed by atoms with E-state index in [-0.39, 0.29) is 12.2 Å². The Bertz CT molecular complexity index is 452. The van der Waals surface area contributed by atoms with Crippen LogP contribution in [0.1, 0.15) is 50.7 Å². The molecule has 1 aromatic rings. The smallest absolute Gasteiger partial charge is 0.113 e. The first-order chi connectivity index (χ1) is 9.35. The van der Waals surface area contributed by atoms with Gasteiger partial charge in [0.25, 0.3) is 0 Å². The maximum atomic E-state index is 5.69. The first kappa shape index (κ1) is 13.9. The normalized spacial score (nSPS) is 22.0. The van der Waals surface area contributed by atoms with Gasteiger partial charge in [-0.25, -0.2) is 0 Å². The van der Waals surface area contributed by atoms with Crippen LogP contribution >= 0.6 is 0 Å². The van der Waals surface area contributed by atoms with Gasteiger partial charge in [0.2, 0.25) is 0 Å². The van der Waals surface area contributed by atoms with Crippen molar-refractivity contribution in [3.63, 3.8) is 0 Å². The van der Waals surface area contributed by atoms with Crippen molar-refractivity contribution in [1.82, 2.24) is 0 Å². The van der Waals surface area contributed by atoms with Gasteiger partial charge in [0.1, 0.15) is 12.2 Å². The Morgan fingerprint density at radius 1 is 1.26 bits per heavy atom. The predicted molar refractivity (Wildman–Crippen MR) is 79.7 cm³/mol. The van der Waals surface area contributed by atoms with Crippen molar-refractivity contribution in [3.8, 4) is 12.3 Å². The molecule has 0 bridgehead atoms. The Morgan fingerprint density at radius 3 is 2.74 bits per heavy atom. The Morgan fingerprint density at radius 2 is 2.05 bits per heavy atom.